The Balaban J connectivity index is 1.98. The lowest BCUT2D eigenvalue weighted by atomic mass is 9.68. The van der Waals surface area contributed by atoms with E-state index >= 15 is 0 Å². The Labute approximate surface area is 145 Å². The minimum Gasteiger partial charge on any atom is -0.0625 e. The second-order valence-electron chi connectivity index (χ2n) is 8.31. The van der Waals surface area contributed by atoms with Crippen molar-refractivity contribution in [1.82, 2.24) is 0 Å². The van der Waals surface area contributed by atoms with Crippen LogP contribution in [-0.2, 0) is 6.42 Å². The second-order valence-corrected chi connectivity index (χ2v) is 8.31. The van der Waals surface area contributed by atoms with E-state index in [1.54, 1.807) is 11.1 Å². The predicted octanol–water partition coefficient (Wildman–Crippen LogP) is 6.95. The summed E-state index contributed by atoms with van der Waals surface area (Å²) in [6.45, 7) is 9.57. The highest BCUT2D eigenvalue weighted by atomic mass is 14.4. The molecule has 0 bridgehead atoms. The summed E-state index contributed by atoms with van der Waals surface area (Å²) < 4.78 is 0. The van der Waals surface area contributed by atoms with Gasteiger partial charge in [0.1, 0.15) is 0 Å². The molecular formula is C24H28. The molecule has 0 spiro atoms. The van der Waals surface area contributed by atoms with Gasteiger partial charge in [-0.05, 0) is 69.2 Å². The molecular weight excluding hydrogens is 288 g/mol. The van der Waals surface area contributed by atoms with Gasteiger partial charge in [0, 0.05) is 0 Å². The zero-order chi connectivity index (χ0) is 16.8. The van der Waals surface area contributed by atoms with Crippen molar-refractivity contribution in [3.8, 4) is 0 Å². The second kappa shape index (κ2) is 5.92. The van der Waals surface area contributed by atoms with Crippen molar-refractivity contribution in [2.75, 3.05) is 0 Å². The molecule has 1 aliphatic rings. The van der Waals surface area contributed by atoms with Crippen LogP contribution in [0.15, 0.2) is 48.5 Å². The molecule has 0 nitrogen and oxygen atoms in total. The maximum absolute atomic E-state index is 2.44. The highest BCUT2D eigenvalue weighted by molar-refractivity contribution is 6.08. The molecule has 0 fully saturated rings. The number of hydrogen-bond donors (Lipinski definition) is 0. The zero-order valence-electron chi connectivity index (χ0n) is 15.3. The summed E-state index contributed by atoms with van der Waals surface area (Å²) in [6, 6.07) is 18.3. The third-order valence-corrected chi connectivity index (χ3v) is 6.24. The van der Waals surface area contributed by atoms with Crippen molar-refractivity contribution in [2.24, 2.45) is 17.8 Å². The SMILES string of the molecule is CC(C)C1Cc2c(ccc3c2ccc2ccccc23)C(C(C)C)C1. The lowest BCUT2D eigenvalue weighted by Gasteiger charge is -2.36. The van der Waals surface area contributed by atoms with Gasteiger partial charge in [-0.1, -0.05) is 76.2 Å². The van der Waals surface area contributed by atoms with E-state index < -0.39 is 0 Å². The molecule has 0 amide bonds. The Morgan fingerprint density at radius 3 is 2.25 bits per heavy atom. The first kappa shape index (κ1) is 15.7. The third-order valence-electron chi connectivity index (χ3n) is 6.24. The van der Waals surface area contributed by atoms with Gasteiger partial charge < -0.3 is 0 Å². The quantitative estimate of drug-likeness (QED) is 0.449. The van der Waals surface area contributed by atoms with Gasteiger partial charge in [-0.15, -0.1) is 0 Å². The smallest absolute Gasteiger partial charge is 0.0102 e. The van der Waals surface area contributed by atoms with Gasteiger partial charge in [0.2, 0.25) is 0 Å². The molecule has 124 valence electrons. The summed E-state index contributed by atoms with van der Waals surface area (Å²) in [4.78, 5) is 0. The van der Waals surface area contributed by atoms with Crippen molar-refractivity contribution >= 4 is 21.5 Å². The van der Waals surface area contributed by atoms with E-state index in [9.17, 15) is 0 Å². The van der Waals surface area contributed by atoms with E-state index in [2.05, 4.69) is 76.2 Å². The van der Waals surface area contributed by atoms with E-state index in [4.69, 9.17) is 0 Å². The summed E-state index contributed by atoms with van der Waals surface area (Å²) in [5.41, 5.74) is 3.24. The number of benzene rings is 3. The van der Waals surface area contributed by atoms with Crippen molar-refractivity contribution in [2.45, 2.75) is 46.5 Å². The summed E-state index contributed by atoms with van der Waals surface area (Å²) in [6.07, 6.45) is 2.59. The average molecular weight is 316 g/mol. The molecule has 4 rings (SSSR count). The number of hydrogen-bond acceptors (Lipinski definition) is 0. The molecule has 0 radical (unpaired) electrons. The lowest BCUT2D eigenvalue weighted by molar-refractivity contribution is 0.281. The van der Waals surface area contributed by atoms with Crippen LogP contribution in [0.3, 0.4) is 0 Å². The summed E-state index contributed by atoms with van der Waals surface area (Å²) >= 11 is 0. The lowest BCUT2D eigenvalue weighted by Crippen LogP contribution is -2.25. The highest BCUT2D eigenvalue weighted by Gasteiger charge is 2.31. The topological polar surface area (TPSA) is 0 Å². The van der Waals surface area contributed by atoms with Crippen molar-refractivity contribution in [3.63, 3.8) is 0 Å². The Morgan fingerprint density at radius 1 is 0.750 bits per heavy atom. The van der Waals surface area contributed by atoms with Gasteiger partial charge in [-0.25, -0.2) is 0 Å². The molecule has 0 aromatic heterocycles. The summed E-state index contributed by atoms with van der Waals surface area (Å²) in [5.74, 6) is 2.98. The van der Waals surface area contributed by atoms with Crippen LogP contribution in [0.1, 0.15) is 51.2 Å². The zero-order valence-corrected chi connectivity index (χ0v) is 15.3. The Bertz CT molecular complexity index is 885. The van der Waals surface area contributed by atoms with E-state index in [0.717, 1.165) is 11.8 Å². The first-order valence-electron chi connectivity index (χ1n) is 9.49. The molecule has 2 atom stereocenters. The van der Waals surface area contributed by atoms with Crippen LogP contribution in [-0.4, -0.2) is 0 Å². The Kier molecular flexibility index (Phi) is 3.87. The van der Waals surface area contributed by atoms with Crippen molar-refractivity contribution in [1.29, 1.82) is 0 Å². The third kappa shape index (κ3) is 2.44. The molecule has 0 heterocycles. The standard InChI is InChI=1S/C24H28/c1-15(2)18-13-23(16(3)4)22-12-11-20-19-8-6-5-7-17(19)9-10-21(20)24(22)14-18/h5-12,15-16,18,23H,13-14H2,1-4H3. The van der Waals surface area contributed by atoms with Crippen LogP contribution in [0, 0.1) is 17.8 Å². The van der Waals surface area contributed by atoms with E-state index in [1.807, 2.05) is 0 Å². The van der Waals surface area contributed by atoms with Crippen LogP contribution in [0.2, 0.25) is 0 Å². The highest BCUT2D eigenvalue weighted by Crippen LogP contribution is 2.45. The summed E-state index contributed by atoms with van der Waals surface area (Å²) in [7, 11) is 0. The molecule has 0 heteroatoms. The molecule has 3 aromatic carbocycles. The Morgan fingerprint density at radius 2 is 1.50 bits per heavy atom. The first-order chi connectivity index (χ1) is 11.6. The van der Waals surface area contributed by atoms with Crippen molar-refractivity contribution < 1.29 is 0 Å². The fourth-order valence-corrected chi connectivity index (χ4v) is 4.68. The number of fused-ring (bicyclic) bond motifs is 5. The van der Waals surface area contributed by atoms with Crippen LogP contribution in [0.4, 0.5) is 0 Å². The Hall–Kier alpha value is -1.82. The van der Waals surface area contributed by atoms with Gasteiger partial charge >= 0.3 is 0 Å². The van der Waals surface area contributed by atoms with Crippen LogP contribution in [0.25, 0.3) is 21.5 Å². The maximum Gasteiger partial charge on any atom is -0.0102 e. The normalized spacial score (nSPS) is 20.9. The van der Waals surface area contributed by atoms with Crippen LogP contribution >= 0.6 is 0 Å². The minimum atomic E-state index is 0.706. The molecule has 2 unspecified atom stereocenters. The minimum absolute atomic E-state index is 0.706. The van der Waals surface area contributed by atoms with Gasteiger partial charge in [0.15, 0.2) is 0 Å². The molecule has 3 aromatic rings. The van der Waals surface area contributed by atoms with E-state index in [1.165, 1.54) is 34.4 Å². The van der Waals surface area contributed by atoms with E-state index in [0.29, 0.717) is 11.8 Å². The average Bonchev–Trinajstić information content (AvgIpc) is 2.59. The van der Waals surface area contributed by atoms with Crippen molar-refractivity contribution in [3.05, 3.63) is 59.7 Å². The molecule has 0 saturated carbocycles. The van der Waals surface area contributed by atoms with Gasteiger partial charge in [-0.3, -0.25) is 0 Å². The van der Waals surface area contributed by atoms with Gasteiger partial charge in [0.05, 0.1) is 0 Å². The number of rotatable bonds is 2. The van der Waals surface area contributed by atoms with Gasteiger partial charge in [0.25, 0.3) is 0 Å². The van der Waals surface area contributed by atoms with Crippen LogP contribution in [0.5, 0.6) is 0 Å². The first-order valence-corrected chi connectivity index (χ1v) is 9.49. The molecule has 1 aliphatic carbocycles. The van der Waals surface area contributed by atoms with Gasteiger partial charge in [-0.2, -0.15) is 0 Å². The predicted molar refractivity (Wildman–Crippen MR) is 106 cm³/mol. The monoisotopic (exact) mass is 316 g/mol. The maximum atomic E-state index is 2.44. The molecule has 0 aliphatic heterocycles. The molecule has 24 heavy (non-hydrogen) atoms. The van der Waals surface area contributed by atoms with E-state index in [-0.39, 0.29) is 0 Å². The molecule has 0 N–H and O–H groups in total. The largest absolute Gasteiger partial charge is 0.0625 e. The summed E-state index contributed by atoms with van der Waals surface area (Å²) in [5, 5.41) is 5.66. The van der Waals surface area contributed by atoms with Crippen LogP contribution < -0.4 is 0 Å². The molecule has 0 saturated heterocycles. The fraction of sp³-hybridized carbons (Fsp3) is 0.417. The fourth-order valence-electron chi connectivity index (χ4n) is 4.68.